The lowest BCUT2D eigenvalue weighted by Crippen LogP contribution is -2.39. The van der Waals surface area contributed by atoms with Crippen LogP contribution in [0.1, 0.15) is 37.3 Å². The van der Waals surface area contributed by atoms with E-state index in [1.54, 1.807) is 26.0 Å². The van der Waals surface area contributed by atoms with Crippen LogP contribution in [0.5, 0.6) is 5.75 Å². The van der Waals surface area contributed by atoms with E-state index in [9.17, 15) is 18.3 Å². The highest BCUT2D eigenvalue weighted by molar-refractivity contribution is 7.14. The zero-order valence-electron chi connectivity index (χ0n) is 17.5. The van der Waals surface area contributed by atoms with Crippen molar-refractivity contribution in [3.63, 3.8) is 0 Å². The highest BCUT2D eigenvalue weighted by Crippen LogP contribution is 2.37. The zero-order valence-corrected chi connectivity index (χ0v) is 18.3. The van der Waals surface area contributed by atoms with Crippen molar-refractivity contribution in [3.8, 4) is 16.5 Å². The van der Waals surface area contributed by atoms with E-state index in [0.717, 1.165) is 6.07 Å². The first-order valence-corrected chi connectivity index (χ1v) is 10.9. The Labute approximate surface area is 186 Å². The summed E-state index contributed by atoms with van der Waals surface area (Å²) in [6.45, 7) is 4.46. The number of piperidine rings is 1. The van der Waals surface area contributed by atoms with E-state index >= 15 is 0 Å². The smallest absolute Gasteiger partial charge is 0.419 e. The predicted molar refractivity (Wildman–Crippen MR) is 113 cm³/mol. The number of benzene rings is 1. The standard InChI is InChI=1S/C21H22F3N5O2S/c1-20(2,30)19-28-27-18(32-19)15-7-8-17(26-25-15)29-11-9-13(10-12-29)31-16-6-4-3-5-14(16)21(22,23)24/h3-8,13,30H,9-12H2,1-2H3. The summed E-state index contributed by atoms with van der Waals surface area (Å²) in [6.07, 6.45) is -3.61. The number of hydrogen-bond acceptors (Lipinski definition) is 8. The summed E-state index contributed by atoms with van der Waals surface area (Å²) in [5.74, 6) is 0.542. The van der Waals surface area contributed by atoms with Gasteiger partial charge in [-0.15, -0.1) is 20.4 Å². The number of alkyl halides is 3. The highest BCUT2D eigenvalue weighted by Gasteiger charge is 2.35. The third-order valence-electron chi connectivity index (χ3n) is 5.07. The van der Waals surface area contributed by atoms with Crippen LogP contribution in [0.3, 0.4) is 0 Å². The van der Waals surface area contributed by atoms with Crippen molar-refractivity contribution in [1.29, 1.82) is 0 Å². The number of anilines is 1. The molecule has 4 rings (SSSR count). The molecule has 0 amide bonds. The van der Waals surface area contributed by atoms with Gasteiger partial charge in [0.15, 0.2) is 10.8 Å². The van der Waals surface area contributed by atoms with E-state index in [2.05, 4.69) is 20.4 Å². The second-order valence-electron chi connectivity index (χ2n) is 8.05. The summed E-state index contributed by atoms with van der Waals surface area (Å²) >= 11 is 1.25. The van der Waals surface area contributed by atoms with Crippen LogP contribution in [0.25, 0.3) is 10.7 Å². The third-order valence-corrected chi connectivity index (χ3v) is 6.33. The molecule has 1 N–H and O–H groups in total. The molecular formula is C21H22F3N5O2S. The van der Waals surface area contributed by atoms with Gasteiger partial charge in [0.1, 0.15) is 28.2 Å². The minimum atomic E-state index is -4.45. The van der Waals surface area contributed by atoms with E-state index in [1.807, 2.05) is 11.0 Å². The summed E-state index contributed by atoms with van der Waals surface area (Å²) in [5.41, 5.74) is -1.27. The van der Waals surface area contributed by atoms with Crippen molar-refractivity contribution < 1.29 is 23.0 Å². The Balaban J connectivity index is 1.37. The third kappa shape index (κ3) is 4.99. The van der Waals surface area contributed by atoms with Gasteiger partial charge in [0, 0.05) is 25.9 Å². The maximum Gasteiger partial charge on any atom is 0.419 e. The van der Waals surface area contributed by atoms with Crippen molar-refractivity contribution in [2.45, 2.75) is 44.6 Å². The van der Waals surface area contributed by atoms with Gasteiger partial charge in [0.2, 0.25) is 0 Å². The maximum absolute atomic E-state index is 13.2. The second-order valence-corrected chi connectivity index (χ2v) is 9.02. The van der Waals surface area contributed by atoms with E-state index in [-0.39, 0.29) is 11.9 Å². The Morgan fingerprint density at radius 1 is 1.00 bits per heavy atom. The van der Waals surface area contributed by atoms with Crippen molar-refractivity contribution >= 4 is 17.2 Å². The molecule has 7 nitrogen and oxygen atoms in total. The molecular weight excluding hydrogens is 443 g/mol. The van der Waals surface area contributed by atoms with Gasteiger partial charge >= 0.3 is 6.18 Å². The topological polar surface area (TPSA) is 84.3 Å². The molecule has 0 atom stereocenters. The normalized spacial score (nSPS) is 15.8. The number of para-hydroxylation sites is 1. The molecule has 0 bridgehead atoms. The van der Waals surface area contributed by atoms with Gasteiger partial charge in [0.25, 0.3) is 0 Å². The first-order valence-electron chi connectivity index (χ1n) is 10.1. The maximum atomic E-state index is 13.2. The predicted octanol–water partition coefficient (Wildman–Crippen LogP) is 4.29. The number of aliphatic hydroxyl groups is 1. The Kier molecular flexibility index (Phi) is 6.04. The van der Waals surface area contributed by atoms with Crippen LogP contribution >= 0.6 is 11.3 Å². The second kappa shape index (κ2) is 8.62. The summed E-state index contributed by atoms with van der Waals surface area (Å²) in [7, 11) is 0. The van der Waals surface area contributed by atoms with Gasteiger partial charge in [-0.3, -0.25) is 0 Å². The number of rotatable bonds is 5. The molecule has 0 unspecified atom stereocenters. The molecule has 3 aromatic rings. The first-order chi connectivity index (χ1) is 15.1. The molecule has 1 fully saturated rings. The molecule has 11 heteroatoms. The Hall–Kier alpha value is -2.79. The fourth-order valence-electron chi connectivity index (χ4n) is 3.37. The van der Waals surface area contributed by atoms with Crippen LogP contribution in [0.15, 0.2) is 36.4 Å². The van der Waals surface area contributed by atoms with E-state index in [1.165, 1.54) is 23.5 Å². The van der Waals surface area contributed by atoms with E-state index < -0.39 is 17.3 Å². The Bertz CT molecular complexity index is 1060. The van der Waals surface area contributed by atoms with Crippen molar-refractivity contribution in [1.82, 2.24) is 20.4 Å². The lowest BCUT2D eigenvalue weighted by molar-refractivity contribution is -0.139. The van der Waals surface area contributed by atoms with Gasteiger partial charge in [0.05, 0.1) is 5.56 Å². The van der Waals surface area contributed by atoms with Gasteiger partial charge in [-0.1, -0.05) is 23.5 Å². The number of hydrogen-bond donors (Lipinski definition) is 1. The molecule has 32 heavy (non-hydrogen) atoms. The zero-order chi connectivity index (χ0) is 22.9. The molecule has 1 aliphatic rings. The van der Waals surface area contributed by atoms with Crippen LogP contribution in [-0.4, -0.2) is 44.7 Å². The SMILES string of the molecule is CC(C)(O)c1nnc(-c2ccc(N3CCC(Oc4ccccc4C(F)(F)F)CC3)nn2)s1. The number of halogens is 3. The molecule has 0 aliphatic carbocycles. The van der Waals surface area contributed by atoms with Crippen molar-refractivity contribution in [2.24, 2.45) is 0 Å². The number of aromatic nitrogens is 4. The first kappa shape index (κ1) is 22.4. The lowest BCUT2D eigenvalue weighted by Gasteiger charge is -2.33. The van der Waals surface area contributed by atoms with Crippen LogP contribution < -0.4 is 9.64 Å². The highest BCUT2D eigenvalue weighted by atomic mass is 32.1. The number of ether oxygens (including phenoxy) is 1. The summed E-state index contributed by atoms with van der Waals surface area (Å²) in [6, 6.07) is 8.90. The van der Waals surface area contributed by atoms with Crippen molar-refractivity contribution in [3.05, 3.63) is 47.0 Å². The monoisotopic (exact) mass is 465 g/mol. The molecule has 1 saturated heterocycles. The van der Waals surface area contributed by atoms with Gasteiger partial charge in [-0.2, -0.15) is 13.2 Å². The molecule has 0 spiro atoms. The molecule has 0 saturated carbocycles. The largest absolute Gasteiger partial charge is 0.490 e. The van der Waals surface area contributed by atoms with E-state index in [0.29, 0.717) is 47.5 Å². The molecule has 2 aromatic heterocycles. The Morgan fingerprint density at radius 2 is 1.72 bits per heavy atom. The van der Waals surface area contributed by atoms with Crippen LogP contribution in [0.2, 0.25) is 0 Å². The van der Waals surface area contributed by atoms with Crippen LogP contribution in [0.4, 0.5) is 19.0 Å². The summed E-state index contributed by atoms with van der Waals surface area (Å²) in [5, 5.41) is 27.6. The van der Waals surface area contributed by atoms with Gasteiger partial charge in [-0.25, -0.2) is 0 Å². The van der Waals surface area contributed by atoms with Gasteiger partial charge in [-0.05, 0) is 38.1 Å². The minimum absolute atomic E-state index is 0.134. The summed E-state index contributed by atoms with van der Waals surface area (Å²) < 4.78 is 45.2. The molecule has 170 valence electrons. The van der Waals surface area contributed by atoms with E-state index in [4.69, 9.17) is 4.74 Å². The molecule has 1 aliphatic heterocycles. The van der Waals surface area contributed by atoms with Crippen LogP contribution in [0, 0.1) is 0 Å². The average Bonchev–Trinajstić information content (AvgIpc) is 3.25. The van der Waals surface area contributed by atoms with Crippen molar-refractivity contribution in [2.75, 3.05) is 18.0 Å². The molecule has 3 heterocycles. The fraction of sp³-hybridized carbons (Fsp3) is 0.429. The summed E-state index contributed by atoms with van der Waals surface area (Å²) in [4.78, 5) is 2.02. The minimum Gasteiger partial charge on any atom is -0.490 e. The van der Waals surface area contributed by atoms with Gasteiger partial charge < -0.3 is 14.7 Å². The Morgan fingerprint density at radius 3 is 2.31 bits per heavy atom. The average molecular weight is 466 g/mol. The number of nitrogens with zero attached hydrogens (tertiary/aromatic N) is 5. The fourth-order valence-corrected chi connectivity index (χ4v) is 4.18. The lowest BCUT2D eigenvalue weighted by atomic mass is 10.1. The molecule has 0 radical (unpaired) electrons. The van der Waals surface area contributed by atoms with Crippen LogP contribution in [-0.2, 0) is 11.8 Å². The molecule has 1 aromatic carbocycles. The quantitative estimate of drug-likeness (QED) is 0.602.